The maximum Gasteiger partial charge on any atom is 0.328 e. The summed E-state index contributed by atoms with van der Waals surface area (Å²) in [6.07, 6.45) is 1.38. The molecule has 7 nitrogen and oxygen atoms in total. The van der Waals surface area contributed by atoms with Gasteiger partial charge in [-0.05, 0) is 28.1 Å². The fourth-order valence-corrected chi connectivity index (χ4v) is 1.95. The maximum atomic E-state index is 11.6. The molecule has 0 saturated carbocycles. The Morgan fingerprint density at radius 1 is 1.47 bits per heavy atom. The van der Waals surface area contributed by atoms with Crippen LogP contribution in [-0.2, 0) is 6.54 Å². The molecule has 2 aromatic heterocycles. The molecule has 0 atom stereocenters. The largest absolute Gasteiger partial charge is 0.328 e. The average Bonchev–Trinajstić information content (AvgIpc) is 2.38. The van der Waals surface area contributed by atoms with Gasteiger partial charge in [0.25, 0.3) is 5.56 Å². The Hall–Kier alpha value is -1.64. The monoisotopic (exact) mass is 345 g/mol. The van der Waals surface area contributed by atoms with E-state index in [0.717, 1.165) is 0 Å². The first-order chi connectivity index (χ1) is 9.01. The normalized spacial score (nSPS) is 10.5. The first-order valence-corrected chi connectivity index (χ1v) is 6.29. The molecule has 100 valence electrons. The van der Waals surface area contributed by atoms with Gasteiger partial charge >= 0.3 is 5.69 Å². The van der Waals surface area contributed by atoms with Crippen molar-refractivity contribution in [2.24, 2.45) is 5.84 Å². The van der Waals surface area contributed by atoms with Crippen LogP contribution in [0.5, 0.6) is 0 Å². The number of hydrogen-bond acceptors (Lipinski definition) is 5. The van der Waals surface area contributed by atoms with E-state index < -0.39 is 11.2 Å². The average molecular weight is 347 g/mol. The number of nitrogens with two attached hydrogens (primary N) is 1. The number of aromatic nitrogens is 3. The Kier molecular flexibility index (Phi) is 4.03. The van der Waals surface area contributed by atoms with Gasteiger partial charge < -0.3 is 5.43 Å². The van der Waals surface area contributed by atoms with Crippen LogP contribution in [0.3, 0.4) is 0 Å². The summed E-state index contributed by atoms with van der Waals surface area (Å²) >= 11 is 9.05. The van der Waals surface area contributed by atoms with Crippen molar-refractivity contribution in [3.63, 3.8) is 0 Å². The number of nitrogen functional groups attached to an aromatic ring is 1. The second-order valence-electron chi connectivity index (χ2n) is 3.63. The molecule has 9 heteroatoms. The predicted molar refractivity (Wildman–Crippen MR) is 75.2 cm³/mol. The fraction of sp³-hybridized carbons (Fsp3) is 0.100. The van der Waals surface area contributed by atoms with Crippen LogP contribution in [-0.4, -0.2) is 14.5 Å². The SMILES string of the molecule is NNc1ccc(Cl)c(Cn2cc(Br)c(=O)[nH]c2=O)n1. The summed E-state index contributed by atoms with van der Waals surface area (Å²) in [5.74, 6) is 5.68. The van der Waals surface area contributed by atoms with Crippen molar-refractivity contribution < 1.29 is 0 Å². The number of pyridine rings is 1. The highest BCUT2D eigenvalue weighted by Crippen LogP contribution is 2.17. The zero-order valence-electron chi connectivity index (χ0n) is 9.48. The molecular weight excluding hydrogens is 338 g/mol. The van der Waals surface area contributed by atoms with Gasteiger partial charge in [0.15, 0.2) is 0 Å². The van der Waals surface area contributed by atoms with E-state index in [-0.39, 0.29) is 11.0 Å². The van der Waals surface area contributed by atoms with Crippen molar-refractivity contribution in [3.8, 4) is 0 Å². The number of anilines is 1. The molecule has 19 heavy (non-hydrogen) atoms. The van der Waals surface area contributed by atoms with Gasteiger partial charge in [0.1, 0.15) is 5.82 Å². The number of H-pyrrole nitrogens is 1. The number of aromatic amines is 1. The summed E-state index contributed by atoms with van der Waals surface area (Å²) in [5, 5.41) is 0.397. The number of nitrogens with zero attached hydrogens (tertiary/aromatic N) is 2. The predicted octanol–water partition coefficient (Wildman–Crippen LogP) is 0.681. The van der Waals surface area contributed by atoms with Crippen molar-refractivity contribution in [1.29, 1.82) is 0 Å². The van der Waals surface area contributed by atoms with E-state index in [9.17, 15) is 9.59 Å². The molecule has 0 amide bonds. The smallest absolute Gasteiger partial charge is 0.308 e. The van der Waals surface area contributed by atoms with Crippen LogP contribution in [0.25, 0.3) is 0 Å². The summed E-state index contributed by atoms with van der Waals surface area (Å²) in [7, 11) is 0. The van der Waals surface area contributed by atoms with Crippen LogP contribution < -0.4 is 22.5 Å². The van der Waals surface area contributed by atoms with Gasteiger partial charge in [0.2, 0.25) is 0 Å². The Bertz CT molecular complexity index is 727. The van der Waals surface area contributed by atoms with Gasteiger partial charge in [-0.15, -0.1) is 0 Å². The third-order valence-corrected chi connectivity index (χ3v) is 3.26. The summed E-state index contributed by atoms with van der Waals surface area (Å²) in [5.41, 5.74) is 1.82. The minimum atomic E-state index is -0.544. The quantitative estimate of drug-likeness (QED) is 0.560. The maximum absolute atomic E-state index is 11.6. The van der Waals surface area contributed by atoms with E-state index in [0.29, 0.717) is 16.5 Å². The first-order valence-electron chi connectivity index (χ1n) is 5.12. The lowest BCUT2D eigenvalue weighted by molar-refractivity contribution is 0.701. The van der Waals surface area contributed by atoms with Crippen LogP contribution in [0.4, 0.5) is 5.82 Å². The van der Waals surface area contributed by atoms with Crippen LogP contribution in [0.15, 0.2) is 32.4 Å². The van der Waals surface area contributed by atoms with E-state index in [1.807, 2.05) is 0 Å². The molecule has 0 saturated heterocycles. The number of hydrazine groups is 1. The van der Waals surface area contributed by atoms with Gasteiger partial charge in [-0.3, -0.25) is 14.3 Å². The topological polar surface area (TPSA) is 106 Å². The lowest BCUT2D eigenvalue weighted by atomic mass is 10.3. The summed E-state index contributed by atoms with van der Waals surface area (Å²) in [6.45, 7) is 0.114. The molecule has 0 fully saturated rings. The van der Waals surface area contributed by atoms with Gasteiger partial charge in [0, 0.05) is 6.20 Å². The van der Waals surface area contributed by atoms with Gasteiger partial charge in [0.05, 0.1) is 21.7 Å². The minimum Gasteiger partial charge on any atom is -0.308 e. The molecule has 4 N–H and O–H groups in total. The molecule has 0 aliphatic rings. The van der Waals surface area contributed by atoms with Crippen molar-refractivity contribution in [3.05, 3.63) is 54.4 Å². The van der Waals surface area contributed by atoms with Crippen LogP contribution in [0.1, 0.15) is 5.69 Å². The number of nitrogens with one attached hydrogen (secondary N) is 2. The molecule has 0 aliphatic carbocycles. The zero-order valence-corrected chi connectivity index (χ0v) is 11.8. The Morgan fingerprint density at radius 2 is 2.21 bits per heavy atom. The number of halogens is 2. The highest BCUT2D eigenvalue weighted by atomic mass is 79.9. The van der Waals surface area contributed by atoms with Crippen molar-refractivity contribution >= 4 is 33.3 Å². The summed E-state index contributed by atoms with van der Waals surface area (Å²) in [6, 6.07) is 3.22. The second kappa shape index (κ2) is 5.55. The van der Waals surface area contributed by atoms with Crippen LogP contribution in [0, 0.1) is 0 Å². The molecule has 0 radical (unpaired) electrons. The third kappa shape index (κ3) is 3.03. The van der Waals surface area contributed by atoms with E-state index >= 15 is 0 Å². The Labute approximate surface area is 120 Å². The molecule has 0 spiro atoms. The molecule has 2 heterocycles. The molecule has 0 unspecified atom stereocenters. The van der Waals surface area contributed by atoms with Crippen LogP contribution >= 0.6 is 27.5 Å². The number of rotatable bonds is 3. The second-order valence-corrected chi connectivity index (χ2v) is 4.90. The minimum absolute atomic E-state index is 0.114. The van der Waals surface area contributed by atoms with E-state index in [1.54, 1.807) is 12.1 Å². The van der Waals surface area contributed by atoms with E-state index in [2.05, 4.69) is 31.3 Å². The third-order valence-electron chi connectivity index (χ3n) is 2.35. The first kappa shape index (κ1) is 13.8. The number of hydrogen-bond donors (Lipinski definition) is 3. The standard InChI is InChI=1S/C10H9BrClN5O2/c11-5-3-17(10(19)15-9(5)18)4-7-6(12)1-2-8(14-7)16-13/h1-3H,4,13H2,(H,14,16)(H,15,18,19). The fourth-order valence-electron chi connectivity index (χ4n) is 1.44. The highest BCUT2D eigenvalue weighted by Gasteiger charge is 2.08. The van der Waals surface area contributed by atoms with Gasteiger partial charge in [-0.25, -0.2) is 15.6 Å². The van der Waals surface area contributed by atoms with Crippen molar-refractivity contribution in [2.45, 2.75) is 6.54 Å². The van der Waals surface area contributed by atoms with Crippen LogP contribution in [0.2, 0.25) is 5.02 Å². The van der Waals surface area contributed by atoms with E-state index in [4.69, 9.17) is 17.4 Å². The van der Waals surface area contributed by atoms with Crippen molar-refractivity contribution in [2.75, 3.05) is 5.43 Å². The summed E-state index contributed by atoms with van der Waals surface area (Å²) < 4.78 is 1.52. The molecule has 2 aromatic rings. The van der Waals surface area contributed by atoms with E-state index in [1.165, 1.54) is 10.8 Å². The zero-order chi connectivity index (χ0) is 14.0. The van der Waals surface area contributed by atoms with Gasteiger partial charge in [-0.2, -0.15) is 0 Å². The molecule has 0 bridgehead atoms. The summed E-state index contributed by atoms with van der Waals surface area (Å²) in [4.78, 5) is 29.2. The van der Waals surface area contributed by atoms with Gasteiger partial charge in [-0.1, -0.05) is 11.6 Å². The molecule has 0 aromatic carbocycles. The van der Waals surface area contributed by atoms with Crippen molar-refractivity contribution in [1.82, 2.24) is 14.5 Å². The molecule has 2 rings (SSSR count). The Morgan fingerprint density at radius 3 is 2.89 bits per heavy atom. The molecule has 0 aliphatic heterocycles. The molecular formula is C10H9BrClN5O2. The lowest BCUT2D eigenvalue weighted by Gasteiger charge is -2.08. The highest BCUT2D eigenvalue weighted by molar-refractivity contribution is 9.10. The Balaban J connectivity index is 2.44. The lowest BCUT2D eigenvalue weighted by Crippen LogP contribution is -2.30.